The van der Waals surface area contributed by atoms with Gasteiger partial charge in [-0.3, -0.25) is 5.11 Å². The highest BCUT2D eigenvalue weighted by Crippen LogP contribution is 2.39. The molecule has 3 aromatic carbocycles. The Labute approximate surface area is 151 Å². The van der Waals surface area contributed by atoms with Crippen LogP contribution in [-0.2, 0) is 15.9 Å². The van der Waals surface area contributed by atoms with Crippen LogP contribution in [0.25, 0.3) is 0 Å². The van der Waals surface area contributed by atoms with Crippen LogP contribution in [0.2, 0.25) is 0 Å². The summed E-state index contributed by atoms with van der Waals surface area (Å²) in [6, 6.07) is 26.5. The first-order valence-corrected chi connectivity index (χ1v) is 8.76. The van der Waals surface area contributed by atoms with E-state index in [-0.39, 0.29) is 16.6 Å². The van der Waals surface area contributed by atoms with Gasteiger partial charge in [0.1, 0.15) is 0 Å². The predicted molar refractivity (Wildman–Crippen MR) is 104 cm³/mol. The summed E-state index contributed by atoms with van der Waals surface area (Å²) >= 11 is 0. The summed E-state index contributed by atoms with van der Waals surface area (Å²) in [4.78, 5) is 0. The molecule has 0 aliphatic carbocycles. The van der Waals surface area contributed by atoms with E-state index < -0.39 is 0 Å². The zero-order valence-corrected chi connectivity index (χ0v) is 15.4. The molecule has 0 aromatic heterocycles. The first kappa shape index (κ1) is 17.3. The van der Waals surface area contributed by atoms with Crippen LogP contribution in [0.5, 0.6) is 5.75 Å². The first-order valence-electron chi connectivity index (χ1n) is 8.76. The van der Waals surface area contributed by atoms with Gasteiger partial charge < -0.3 is 0 Å². The topological polar surface area (TPSA) is 19.9 Å². The highest BCUT2D eigenvalue weighted by molar-refractivity contribution is 5.48. The number of benzene rings is 3. The van der Waals surface area contributed by atoms with Gasteiger partial charge in [-0.1, -0.05) is 94.4 Å². The molecule has 0 aliphatic rings. The second-order valence-corrected chi connectivity index (χ2v) is 7.73. The molecule has 25 heavy (non-hydrogen) atoms. The predicted octanol–water partition coefficient (Wildman–Crippen LogP) is 6.48. The van der Waals surface area contributed by atoms with Crippen LogP contribution in [0.1, 0.15) is 49.9 Å². The van der Waals surface area contributed by atoms with Gasteiger partial charge in [0, 0.05) is 10.8 Å². The van der Waals surface area contributed by atoms with Gasteiger partial charge in [0.15, 0.2) is 5.75 Å². The largest absolute Gasteiger partial charge is 0.290 e. The molecule has 0 atom stereocenters. The summed E-state index contributed by atoms with van der Waals surface area (Å²) < 4.78 is 0. The van der Waals surface area contributed by atoms with Crippen molar-refractivity contribution in [2.45, 2.75) is 38.5 Å². The molecular formula is C24H25O. The molecule has 0 saturated heterocycles. The summed E-state index contributed by atoms with van der Waals surface area (Å²) in [5.74, 6) is 0.0699. The molecule has 3 aromatic rings. The Bertz CT molecular complexity index is 776. The van der Waals surface area contributed by atoms with E-state index in [1.807, 2.05) is 36.4 Å². The van der Waals surface area contributed by atoms with Gasteiger partial charge in [-0.25, -0.2) is 0 Å². The SMILES string of the molecule is CC(C)(c1ccccc1)c1cc([O])cc(C(C)(C)c2ccccc2)c1. The lowest BCUT2D eigenvalue weighted by molar-refractivity contribution is 0.352. The quantitative estimate of drug-likeness (QED) is 0.522. The van der Waals surface area contributed by atoms with Gasteiger partial charge in [0.25, 0.3) is 0 Å². The molecule has 127 valence electrons. The molecule has 0 heterocycles. The molecule has 0 amide bonds. The maximum atomic E-state index is 12.5. The van der Waals surface area contributed by atoms with Crippen molar-refractivity contribution in [1.82, 2.24) is 0 Å². The molecule has 0 bridgehead atoms. The zero-order valence-electron chi connectivity index (χ0n) is 15.4. The standard InChI is InChI=1S/C24H25O/c1-23(2,18-11-7-5-8-12-18)20-15-21(17-22(25)16-20)24(3,4)19-13-9-6-10-14-19/h5-17H,1-4H3. The average Bonchev–Trinajstić information content (AvgIpc) is 2.62. The fraction of sp³-hybridized carbons (Fsp3) is 0.250. The van der Waals surface area contributed by atoms with Gasteiger partial charge in [0.05, 0.1) is 0 Å². The Morgan fingerprint density at radius 1 is 0.520 bits per heavy atom. The van der Waals surface area contributed by atoms with Gasteiger partial charge in [0.2, 0.25) is 0 Å². The summed E-state index contributed by atoms with van der Waals surface area (Å²) in [6.07, 6.45) is 0. The lowest BCUT2D eigenvalue weighted by atomic mass is 9.73. The van der Waals surface area contributed by atoms with Crippen molar-refractivity contribution in [2.24, 2.45) is 0 Å². The smallest absolute Gasteiger partial charge is 0.179 e. The monoisotopic (exact) mass is 329 g/mol. The number of hydrogen-bond donors (Lipinski definition) is 0. The minimum atomic E-state index is -0.219. The molecule has 1 heteroatoms. The van der Waals surface area contributed by atoms with Crippen LogP contribution >= 0.6 is 0 Å². The minimum absolute atomic E-state index is 0.0699. The van der Waals surface area contributed by atoms with Crippen molar-refractivity contribution in [3.63, 3.8) is 0 Å². The van der Waals surface area contributed by atoms with Gasteiger partial charge in [-0.05, 0) is 34.4 Å². The normalized spacial score (nSPS) is 12.2. The van der Waals surface area contributed by atoms with Gasteiger partial charge >= 0.3 is 0 Å². The molecule has 1 radical (unpaired) electrons. The Morgan fingerprint density at radius 3 is 1.24 bits per heavy atom. The highest BCUT2D eigenvalue weighted by Gasteiger charge is 2.28. The Hall–Kier alpha value is -2.54. The van der Waals surface area contributed by atoms with E-state index in [0.29, 0.717) is 0 Å². The van der Waals surface area contributed by atoms with Crippen molar-refractivity contribution >= 4 is 0 Å². The summed E-state index contributed by atoms with van der Waals surface area (Å²) in [5.41, 5.74) is 4.11. The van der Waals surface area contributed by atoms with Crippen molar-refractivity contribution in [3.8, 4) is 5.75 Å². The molecule has 0 unspecified atom stereocenters. The van der Waals surface area contributed by atoms with E-state index in [4.69, 9.17) is 0 Å². The third kappa shape index (κ3) is 3.32. The Kier molecular flexibility index (Phi) is 4.43. The van der Waals surface area contributed by atoms with Gasteiger partial charge in [-0.15, -0.1) is 0 Å². The summed E-state index contributed by atoms with van der Waals surface area (Å²) in [5, 5.41) is 12.5. The van der Waals surface area contributed by atoms with E-state index in [1.54, 1.807) is 12.1 Å². The summed E-state index contributed by atoms with van der Waals surface area (Å²) in [7, 11) is 0. The highest BCUT2D eigenvalue weighted by atomic mass is 16.3. The van der Waals surface area contributed by atoms with Crippen molar-refractivity contribution < 1.29 is 5.11 Å². The van der Waals surface area contributed by atoms with Gasteiger partial charge in [-0.2, -0.15) is 0 Å². The molecular weight excluding hydrogens is 304 g/mol. The molecule has 0 aliphatic heterocycles. The van der Waals surface area contributed by atoms with Crippen LogP contribution < -0.4 is 0 Å². The molecule has 3 rings (SSSR count). The van der Waals surface area contributed by atoms with E-state index in [0.717, 1.165) is 11.1 Å². The second-order valence-electron chi connectivity index (χ2n) is 7.73. The molecule has 0 spiro atoms. The third-order valence-electron chi connectivity index (χ3n) is 5.34. The molecule has 0 N–H and O–H groups in total. The van der Waals surface area contributed by atoms with E-state index in [1.165, 1.54) is 11.1 Å². The van der Waals surface area contributed by atoms with Crippen LogP contribution in [0.15, 0.2) is 78.9 Å². The van der Waals surface area contributed by atoms with Crippen LogP contribution in [0, 0.1) is 0 Å². The number of hydrogen-bond acceptors (Lipinski definition) is 0. The third-order valence-corrected chi connectivity index (χ3v) is 5.34. The van der Waals surface area contributed by atoms with Crippen molar-refractivity contribution in [3.05, 3.63) is 101 Å². The molecule has 0 saturated carbocycles. The zero-order chi connectivity index (χ0) is 18.1. The van der Waals surface area contributed by atoms with Crippen LogP contribution in [-0.4, -0.2) is 0 Å². The first-order chi connectivity index (χ1) is 11.8. The van der Waals surface area contributed by atoms with E-state index in [9.17, 15) is 5.11 Å². The van der Waals surface area contributed by atoms with Crippen molar-refractivity contribution in [1.29, 1.82) is 0 Å². The van der Waals surface area contributed by atoms with Crippen LogP contribution in [0.4, 0.5) is 0 Å². The Balaban J connectivity index is 2.10. The lowest BCUT2D eigenvalue weighted by Crippen LogP contribution is -2.22. The number of rotatable bonds is 4. The fourth-order valence-corrected chi connectivity index (χ4v) is 3.36. The van der Waals surface area contributed by atoms with E-state index >= 15 is 0 Å². The lowest BCUT2D eigenvalue weighted by Gasteiger charge is -2.30. The maximum Gasteiger partial charge on any atom is 0.179 e. The van der Waals surface area contributed by atoms with Crippen molar-refractivity contribution in [2.75, 3.05) is 0 Å². The Morgan fingerprint density at radius 2 is 0.880 bits per heavy atom. The second kappa shape index (κ2) is 6.40. The molecule has 1 nitrogen and oxygen atoms in total. The minimum Gasteiger partial charge on any atom is -0.290 e. The summed E-state index contributed by atoms with van der Waals surface area (Å²) in [6.45, 7) is 8.71. The maximum absolute atomic E-state index is 12.5. The molecule has 0 fully saturated rings. The van der Waals surface area contributed by atoms with E-state index in [2.05, 4.69) is 58.0 Å². The average molecular weight is 329 g/mol. The van der Waals surface area contributed by atoms with Crippen LogP contribution in [0.3, 0.4) is 0 Å². The fourth-order valence-electron chi connectivity index (χ4n) is 3.36.